The van der Waals surface area contributed by atoms with E-state index >= 15 is 0 Å². The first-order chi connectivity index (χ1) is 10.8. The number of hydrogen-bond donors (Lipinski definition) is 2. The Hall–Kier alpha value is -2.56. The van der Waals surface area contributed by atoms with E-state index in [1.807, 2.05) is 43.3 Å². The van der Waals surface area contributed by atoms with E-state index in [2.05, 4.69) is 27.5 Å². The SMILES string of the molecule is CCNc1nc(NCCc2ccc(C)o2)nc2ccccc12. The summed E-state index contributed by atoms with van der Waals surface area (Å²) in [5, 5.41) is 7.60. The number of anilines is 2. The van der Waals surface area contributed by atoms with E-state index in [9.17, 15) is 0 Å². The minimum atomic E-state index is 0.637. The van der Waals surface area contributed by atoms with Gasteiger partial charge in [-0.25, -0.2) is 4.98 Å². The largest absolute Gasteiger partial charge is 0.466 e. The molecule has 0 amide bonds. The Morgan fingerprint density at radius 3 is 2.68 bits per heavy atom. The van der Waals surface area contributed by atoms with Crippen LogP contribution >= 0.6 is 0 Å². The van der Waals surface area contributed by atoms with Crippen molar-refractivity contribution in [3.63, 3.8) is 0 Å². The molecule has 5 heteroatoms. The molecule has 114 valence electrons. The third-order valence-corrected chi connectivity index (χ3v) is 3.40. The van der Waals surface area contributed by atoms with Crippen molar-refractivity contribution in [2.75, 3.05) is 23.7 Å². The van der Waals surface area contributed by atoms with Crippen LogP contribution < -0.4 is 10.6 Å². The van der Waals surface area contributed by atoms with E-state index in [1.165, 1.54) is 0 Å². The summed E-state index contributed by atoms with van der Waals surface area (Å²) in [4.78, 5) is 9.12. The number of furan rings is 1. The van der Waals surface area contributed by atoms with Gasteiger partial charge in [-0.2, -0.15) is 4.98 Å². The summed E-state index contributed by atoms with van der Waals surface area (Å²) >= 11 is 0. The molecule has 0 aliphatic heterocycles. The van der Waals surface area contributed by atoms with Gasteiger partial charge in [0.1, 0.15) is 17.3 Å². The molecule has 0 radical (unpaired) electrons. The smallest absolute Gasteiger partial charge is 0.225 e. The Bertz CT molecular complexity index is 766. The molecule has 2 aromatic heterocycles. The van der Waals surface area contributed by atoms with Gasteiger partial charge in [0.05, 0.1) is 5.52 Å². The third-order valence-electron chi connectivity index (χ3n) is 3.40. The van der Waals surface area contributed by atoms with Crippen LogP contribution in [0, 0.1) is 6.92 Å². The average molecular weight is 296 g/mol. The molecule has 0 aliphatic rings. The molecular formula is C17H20N4O. The predicted molar refractivity (Wildman–Crippen MR) is 89.3 cm³/mol. The van der Waals surface area contributed by atoms with E-state index in [1.54, 1.807) is 0 Å². The number of rotatable bonds is 6. The Labute approximate surface area is 129 Å². The Morgan fingerprint density at radius 2 is 1.91 bits per heavy atom. The molecule has 2 heterocycles. The highest BCUT2D eigenvalue weighted by Crippen LogP contribution is 2.21. The molecule has 0 atom stereocenters. The number of benzene rings is 1. The zero-order valence-electron chi connectivity index (χ0n) is 12.9. The zero-order chi connectivity index (χ0) is 15.4. The lowest BCUT2D eigenvalue weighted by Gasteiger charge is -2.10. The molecule has 5 nitrogen and oxygen atoms in total. The summed E-state index contributed by atoms with van der Waals surface area (Å²) in [6.45, 7) is 5.57. The number of para-hydroxylation sites is 1. The van der Waals surface area contributed by atoms with Crippen molar-refractivity contribution in [1.29, 1.82) is 0 Å². The minimum Gasteiger partial charge on any atom is -0.466 e. The van der Waals surface area contributed by atoms with Gasteiger partial charge in [-0.05, 0) is 38.1 Å². The van der Waals surface area contributed by atoms with E-state index in [0.717, 1.165) is 47.8 Å². The highest BCUT2D eigenvalue weighted by atomic mass is 16.3. The molecule has 2 N–H and O–H groups in total. The topological polar surface area (TPSA) is 63.0 Å². The second-order valence-corrected chi connectivity index (χ2v) is 5.13. The van der Waals surface area contributed by atoms with Crippen LogP contribution in [0.5, 0.6) is 0 Å². The fraction of sp³-hybridized carbons (Fsp3) is 0.294. The second-order valence-electron chi connectivity index (χ2n) is 5.13. The average Bonchev–Trinajstić information content (AvgIpc) is 2.93. The lowest BCUT2D eigenvalue weighted by Crippen LogP contribution is -2.10. The fourth-order valence-electron chi connectivity index (χ4n) is 2.37. The highest BCUT2D eigenvalue weighted by Gasteiger charge is 2.06. The van der Waals surface area contributed by atoms with Crippen molar-refractivity contribution in [2.45, 2.75) is 20.3 Å². The van der Waals surface area contributed by atoms with Gasteiger partial charge in [0.15, 0.2) is 0 Å². The maximum Gasteiger partial charge on any atom is 0.225 e. The third kappa shape index (κ3) is 3.19. The number of hydrogen-bond acceptors (Lipinski definition) is 5. The number of fused-ring (bicyclic) bond motifs is 1. The Kier molecular flexibility index (Phi) is 4.23. The second kappa shape index (κ2) is 6.47. The number of nitrogens with zero attached hydrogens (tertiary/aromatic N) is 2. The number of aromatic nitrogens is 2. The maximum absolute atomic E-state index is 5.56. The first kappa shape index (κ1) is 14.4. The molecule has 22 heavy (non-hydrogen) atoms. The summed E-state index contributed by atoms with van der Waals surface area (Å²) < 4.78 is 5.56. The monoisotopic (exact) mass is 296 g/mol. The molecule has 0 saturated carbocycles. The van der Waals surface area contributed by atoms with Gasteiger partial charge < -0.3 is 15.1 Å². The van der Waals surface area contributed by atoms with Gasteiger partial charge in [0.25, 0.3) is 0 Å². The summed E-state index contributed by atoms with van der Waals surface area (Å²) in [6, 6.07) is 12.0. The van der Waals surface area contributed by atoms with Gasteiger partial charge in [-0.1, -0.05) is 12.1 Å². The Morgan fingerprint density at radius 1 is 1.05 bits per heavy atom. The van der Waals surface area contributed by atoms with Crippen molar-refractivity contribution >= 4 is 22.7 Å². The summed E-state index contributed by atoms with van der Waals surface area (Å²) in [6.07, 6.45) is 0.806. The van der Waals surface area contributed by atoms with E-state index in [4.69, 9.17) is 4.42 Å². The van der Waals surface area contributed by atoms with Crippen LogP contribution in [0.3, 0.4) is 0 Å². The highest BCUT2D eigenvalue weighted by molar-refractivity contribution is 5.89. The van der Waals surface area contributed by atoms with Gasteiger partial charge in [0, 0.05) is 24.9 Å². The molecule has 0 aliphatic carbocycles. The Balaban J connectivity index is 1.75. The van der Waals surface area contributed by atoms with Crippen LogP contribution in [0.2, 0.25) is 0 Å². The molecule has 0 fully saturated rings. The number of aryl methyl sites for hydroxylation is 1. The predicted octanol–water partition coefficient (Wildman–Crippen LogP) is 3.62. The van der Waals surface area contributed by atoms with Crippen molar-refractivity contribution in [1.82, 2.24) is 9.97 Å². The first-order valence-electron chi connectivity index (χ1n) is 7.56. The van der Waals surface area contributed by atoms with Gasteiger partial charge >= 0.3 is 0 Å². The van der Waals surface area contributed by atoms with Crippen LogP contribution in [0.1, 0.15) is 18.4 Å². The maximum atomic E-state index is 5.56. The van der Waals surface area contributed by atoms with Crippen molar-refractivity contribution in [3.05, 3.63) is 47.9 Å². The van der Waals surface area contributed by atoms with Crippen LogP contribution in [0.4, 0.5) is 11.8 Å². The quantitative estimate of drug-likeness (QED) is 0.727. The first-order valence-corrected chi connectivity index (χ1v) is 7.56. The standard InChI is InChI=1S/C17H20N4O/c1-3-18-16-14-6-4-5-7-15(14)20-17(21-16)19-11-10-13-9-8-12(2)22-13/h4-9H,3,10-11H2,1-2H3,(H2,18,19,20,21). The lowest BCUT2D eigenvalue weighted by atomic mass is 10.2. The van der Waals surface area contributed by atoms with Crippen molar-refractivity contribution in [3.8, 4) is 0 Å². The van der Waals surface area contributed by atoms with Crippen molar-refractivity contribution < 1.29 is 4.42 Å². The molecule has 1 aromatic carbocycles. The molecule has 0 spiro atoms. The molecule has 0 saturated heterocycles. The molecule has 3 aromatic rings. The van der Waals surface area contributed by atoms with E-state index in [0.29, 0.717) is 5.95 Å². The van der Waals surface area contributed by atoms with Crippen LogP contribution in [-0.4, -0.2) is 23.1 Å². The molecular weight excluding hydrogens is 276 g/mol. The normalized spacial score (nSPS) is 10.8. The van der Waals surface area contributed by atoms with Crippen LogP contribution in [-0.2, 0) is 6.42 Å². The molecule has 0 bridgehead atoms. The summed E-state index contributed by atoms with van der Waals surface area (Å²) in [5.74, 6) is 3.41. The van der Waals surface area contributed by atoms with Crippen LogP contribution in [0.15, 0.2) is 40.8 Å². The summed E-state index contributed by atoms with van der Waals surface area (Å²) in [7, 11) is 0. The van der Waals surface area contributed by atoms with Crippen LogP contribution in [0.25, 0.3) is 10.9 Å². The number of nitrogens with one attached hydrogen (secondary N) is 2. The fourth-order valence-corrected chi connectivity index (χ4v) is 2.37. The van der Waals surface area contributed by atoms with Crippen molar-refractivity contribution in [2.24, 2.45) is 0 Å². The lowest BCUT2D eigenvalue weighted by molar-refractivity contribution is 0.486. The van der Waals surface area contributed by atoms with E-state index in [-0.39, 0.29) is 0 Å². The summed E-state index contributed by atoms with van der Waals surface area (Å²) in [5.41, 5.74) is 0.935. The van der Waals surface area contributed by atoms with E-state index < -0.39 is 0 Å². The van der Waals surface area contributed by atoms with Gasteiger partial charge in [0.2, 0.25) is 5.95 Å². The van der Waals surface area contributed by atoms with Gasteiger partial charge in [-0.15, -0.1) is 0 Å². The van der Waals surface area contributed by atoms with Gasteiger partial charge in [-0.3, -0.25) is 0 Å². The minimum absolute atomic E-state index is 0.637. The molecule has 0 unspecified atom stereocenters. The zero-order valence-corrected chi connectivity index (χ0v) is 12.9. The molecule has 3 rings (SSSR count).